The van der Waals surface area contributed by atoms with Gasteiger partial charge >= 0.3 is 0 Å². The van der Waals surface area contributed by atoms with Gasteiger partial charge in [0, 0.05) is 12.1 Å². The average molecular weight is 153 g/mol. The lowest BCUT2D eigenvalue weighted by molar-refractivity contribution is 0.468. The molecule has 0 aromatic heterocycles. The molecule has 0 unspecified atom stereocenters. The van der Waals surface area contributed by atoms with Crippen LogP contribution in [0.15, 0.2) is 25.3 Å². The molecular formula is C10H19N. The SMILES string of the molecule is C=CCC(CC=C)NC(C)C. The Morgan fingerprint density at radius 1 is 1.18 bits per heavy atom. The fourth-order valence-electron chi connectivity index (χ4n) is 1.11. The van der Waals surface area contributed by atoms with E-state index in [1.807, 2.05) is 12.2 Å². The topological polar surface area (TPSA) is 12.0 Å². The van der Waals surface area contributed by atoms with E-state index < -0.39 is 0 Å². The van der Waals surface area contributed by atoms with E-state index in [4.69, 9.17) is 0 Å². The van der Waals surface area contributed by atoms with Crippen LogP contribution in [0.3, 0.4) is 0 Å². The van der Waals surface area contributed by atoms with E-state index in [9.17, 15) is 0 Å². The minimum absolute atomic E-state index is 0.519. The highest BCUT2D eigenvalue weighted by molar-refractivity contribution is 4.84. The second kappa shape index (κ2) is 6.17. The lowest BCUT2D eigenvalue weighted by Gasteiger charge is -2.17. The average Bonchev–Trinajstić information content (AvgIpc) is 1.87. The molecule has 0 aliphatic carbocycles. The number of rotatable bonds is 6. The minimum Gasteiger partial charge on any atom is -0.311 e. The van der Waals surface area contributed by atoms with E-state index in [0.29, 0.717) is 12.1 Å². The van der Waals surface area contributed by atoms with Gasteiger partial charge in [0.25, 0.3) is 0 Å². The highest BCUT2D eigenvalue weighted by atomic mass is 14.9. The van der Waals surface area contributed by atoms with Crippen molar-refractivity contribution in [3.63, 3.8) is 0 Å². The summed E-state index contributed by atoms with van der Waals surface area (Å²) in [6.07, 6.45) is 5.93. The van der Waals surface area contributed by atoms with Crippen LogP contribution in [0.5, 0.6) is 0 Å². The van der Waals surface area contributed by atoms with E-state index in [-0.39, 0.29) is 0 Å². The smallest absolute Gasteiger partial charge is 0.0138 e. The van der Waals surface area contributed by atoms with Crippen LogP contribution in [0.25, 0.3) is 0 Å². The molecule has 0 radical (unpaired) electrons. The summed E-state index contributed by atoms with van der Waals surface area (Å²) in [4.78, 5) is 0. The first-order valence-corrected chi connectivity index (χ1v) is 4.18. The second-order valence-electron chi connectivity index (χ2n) is 3.07. The van der Waals surface area contributed by atoms with Gasteiger partial charge in [-0.25, -0.2) is 0 Å². The molecular weight excluding hydrogens is 134 g/mol. The van der Waals surface area contributed by atoms with Crippen molar-refractivity contribution in [3.05, 3.63) is 25.3 Å². The molecule has 0 aliphatic heterocycles. The molecule has 0 rings (SSSR count). The van der Waals surface area contributed by atoms with Crippen LogP contribution < -0.4 is 5.32 Å². The second-order valence-corrected chi connectivity index (χ2v) is 3.07. The molecule has 1 N–H and O–H groups in total. The molecule has 0 aromatic rings. The number of hydrogen-bond acceptors (Lipinski definition) is 1. The van der Waals surface area contributed by atoms with Gasteiger partial charge in [0.15, 0.2) is 0 Å². The molecule has 0 aromatic carbocycles. The van der Waals surface area contributed by atoms with Crippen molar-refractivity contribution >= 4 is 0 Å². The summed E-state index contributed by atoms with van der Waals surface area (Å²) in [6, 6.07) is 1.06. The summed E-state index contributed by atoms with van der Waals surface area (Å²) in [5, 5.41) is 3.44. The molecule has 0 fully saturated rings. The molecule has 0 aliphatic rings. The zero-order chi connectivity index (χ0) is 8.69. The van der Waals surface area contributed by atoms with Crippen molar-refractivity contribution in [1.29, 1.82) is 0 Å². The summed E-state index contributed by atoms with van der Waals surface area (Å²) in [7, 11) is 0. The largest absolute Gasteiger partial charge is 0.311 e. The fourth-order valence-corrected chi connectivity index (χ4v) is 1.11. The molecule has 0 heterocycles. The van der Waals surface area contributed by atoms with Crippen molar-refractivity contribution in [1.82, 2.24) is 5.32 Å². The molecule has 1 nitrogen and oxygen atoms in total. The van der Waals surface area contributed by atoms with Crippen LogP contribution in [0, 0.1) is 0 Å². The van der Waals surface area contributed by atoms with Crippen molar-refractivity contribution < 1.29 is 0 Å². The van der Waals surface area contributed by atoms with Crippen molar-refractivity contribution in [3.8, 4) is 0 Å². The Bertz CT molecular complexity index is 106. The van der Waals surface area contributed by atoms with Crippen LogP contribution in [0.1, 0.15) is 26.7 Å². The number of hydrogen-bond donors (Lipinski definition) is 1. The first-order chi connectivity index (χ1) is 5.20. The Hall–Kier alpha value is -0.560. The molecule has 0 saturated heterocycles. The third-order valence-corrected chi connectivity index (χ3v) is 1.47. The maximum Gasteiger partial charge on any atom is 0.0138 e. The Kier molecular flexibility index (Phi) is 5.86. The van der Waals surface area contributed by atoms with E-state index >= 15 is 0 Å². The van der Waals surface area contributed by atoms with Gasteiger partial charge < -0.3 is 5.32 Å². The van der Waals surface area contributed by atoms with E-state index in [0.717, 1.165) is 12.8 Å². The van der Waals surface area contributed by atoms with Crippen LogP contribution in [0.4, 0.5) is 0 Å². The van der Waals surface area contributed by atoms with Crippen LogP contribution >= 0.6 is 0 Å². The minimum atomic E-state index is 0.519. The Balaban J connectivity index is 3.67. The van der Waals surface area contributed by atoms with Gasteiger partial charge in [-0.15, -0.1) is 13.2 Å². The number of nitrogens with one attached hydrogen (secondary N) is 1. The van der Waals surface area contributed by atoms with Crippen molar-refractivity contribution in [2.24, 2.45) is 0 Å². The summed E-state index contributed by atoms with van der Waals surface area (Å²) >= 11 is 0. The summed E-state index contributed by atoms with van der Waals surface area (Å²) in [5.74, 6) is 0. The van der Waals surface area contributed by atoms with Gasteiger partial charge in [-0.1, -0.05) is 26.0 Å². The molecule has 0 amide bonds. The van der Waals surface area contributed by atoms with E-state index in [1.165, 1.54) is 0 Å². The molecule has 0 bridgehead atoms. The van der Waals surface area contributed by atoms with E-state index in [2.05, 4.69) is 32.3 Å². The lowest BCUT2D eigenvalue weighted by Crippen LogP contribution is -2.33. The third kappa shape index (κ3) is 5.86. The van der Waals surface area contributed by atoms with Gasteiger partial charge in [-0.2, -0.15) is 0 Å². The molecule has 11 heavy (non-hydrogen) atoms. The van der Waals surface area contributed by atoms with Gasteiger partial charge in [-0.3, -0.25) is 0 Å². The molecule has 0 saturated carbocycles. The predicted octanol–water partition coefficient (Wildman–Crippen LogP) is 2.51. The normalized spacial score (nSPS) is 10.5. The maximum absolute atomic E-state index is 3.72. The third-order valence-electron chi connectivity index (χ3n) is 1.47. The highest BCUT2D eigenvalue weighted by Crippen LogP contribution is 2.00. The Labute approximate surface area is 70.2 Å². The lowest BCUT2D eigenvalue weighted by atomic mass is 10.1. The quantitative estimate of drug-likeness (QED) is 0.578. The van der Waals surface area contributed by atoms with Crippen molar-refractivity contribution in [2.75, 3.05) is 0 Å². The molecule has 0 spiro atoms. The van der Waals surface area contributed by atoms with Crippen LogP contribution in [-0.4, -0.2) is 12.1 Å². The zero-order valence-corrected chi connectivity index (χ0v) is 7.64. The fraction of sp³-hybridized carbons (Fsp3) is 0.600. The van der Waals surface area contributed by atoms with Gasteiger partial charge in [0.1, 0.15) is 0 Å². The van der Waals surface area contributed by atoms with E-state index in [1.54, 1.807) is 0 Å². The highest BCUT2D eigenvalue weighted by Gasteiger charge is 2.04. The first kappa shape index (κ1) is 10.4. The summed E-state index contributed by atoms with van der Waals surface area (Å²) in [5.41, 5.74) is 0. The standard InChI is InChI=1S/C10H19N/c1-5-7-10(8-6-2)11-9(3)4/h5-6,9-11H,1-2,7-8H2,3-4H3. The van der Waals surface area contributed by atoms with Crippen LogP contribution in [-0.2, 0) is 0 Å². The van der Waals surface area contributed by atoms with Gasteiger partial charge in [-0.05, 0) is 12.8 Å². The Morgan fingerprint density at radius 3 is 1.91 bits per heavy atom. The zero-order valence-electron chi connectivity index (χ0n) is 7.64. The van der Waals surface area contributed by atoms with Gasteiger partial charge in [0.05, 0.1) is 0 Å². The maximum atomic E-state index is 3.72. The molecule has 64 valence electrons. The molecule has 1 heteroatoms. The predicted molar refractivity (Wildman–Crippen MR) is 51.7 cm³/mol. The molecule has 0 atom stereocenters. The Morgan fingerprint density at radius 2 is 1.64 bits per heavy atom. The van der Waals surface area contributed by atoms with Crippen LogP contribution in [0.2, 0.25) is 0 Å². The first-order valence-electron chi connectivity index (χ1n) is 4.18. The summed E-state index contributed by atoms with van der Waals surface area (Å²) < 4.78 is 0. The summed E-state index contributed by atoms with van der Waals surface area (Å²) in [6.45, 7) is 11.7. The van der Waals surface area contributed by atoms with Gasteiger partial charge in [0.2, 0.25) is 0 Å². The monoisotopic (exact) mass is 153 g/mol. The van der Waals surface area contributed by atoms with Crippen molar-refractivity contribution in [2.45, 2.75) is 38.8 Å².